The number of benzene rings is 2. The Hall–Kier alpha value is -3.67. The molecule has 0 saturated carbocycles. The molecule has 6 heteroatoms. The van der Waals surface area contributed by atoms with E-state index in [4.69, 9.17) is 9.72 Å². The van der Waals surface area contributed by atoms with Crippen LogP contribution in [0.15, 0.2) is 60.8 Å². The first-order valence-electron chi connectivity index (χ1n) is 9.86. The van der Waals surface area contributed by atoms with E-state index < -0.39 is 0 Å². The summed E-state index contributed by atoms with van der Waals surface area (Å²) in [7, 11) is 3.54. The first-order chi connectivity index (χ1) is 14.6. The summed E-state index contributed by atoms with van der Waals surface area (Å²) in [5, 5.41) is 8.20. The lowest BCUT2D eigenvalue weighted by Crippen LogP contribution is -2.26. The summed E-state index contributed by atoms with van der Waals surface area (Å²) in [5.41, 5.74) is 5.23. The average molecular weight is 400 g/mol. The molecule has 0 bridgehead atoms. The number of pyridine rings is 1. The van der Waals surface area contributed by atoms with Gasteiger partial charge in [-0.05, 0) is 43.2 Å². The summed E-state index contributed by atoms with van der Waals surface area (Å²) in [6.45, 7) is 2.54. The van der Waals surface area contributed by atoms with E-state index in [-0.39, 0.29) is 5.91 Å². The van der Waals surface area contributed by atoms with Gasteiger partial charge in [0.15, 0.2) is 0 Å². The number of rotatable bonds is 6. The van der Waals surface area contributed by atoms with Crippen LogP contribution in [0.4, 0.5) is 0 Å². The van der Waals surface area contributed by atoms with Gasteiger partial charge in [0.25, 0.3) is 5.91 Å². The van der Waals surface area contributed by atoms with Gasteiger partial charge in [-0.1, -0.05) is 30.3 Å². The molecule has 4 rings (SSSR count). The van der Waals surface area contributed by atoms with Crippen LogP contribution in [0.1, 0.15) is 21.6 Å². The number of nitrogens with zero attached hydrogens (tertiary/aromatic N) is 3. The molecule has 2 heterocycles. The minimum atomic E-state index is -0.107. The number of aromatic nitrogens is 3. The number of methoxy groups -OCH3 is 1. The third kappa shape index (κ3) is 3.89. The molecule has 4 aromatic rings. The van der Waals surface area contributed by atoms with Crippen LogP contribution in [-0.4, -0.2) is 34.3 Å². The minimum absolute atomic E-state index is 0.107. The number of hydrogen-bond donors (Lipinski definition) is 1. The Kier molecular flexibility index (Phi) is 5.48. The van der Waals surface area contributed by atoms with Crippen molar-refractivity contribution in [2.24, 2.45) is 7.05 Å². The molecule has 0 saturated heterocycles. The zero-order valence-corrected chi connectivity index (χ0v) is 17.3. The maximum atomic E-state index is 13.0. The summed E-state index contributed by atoms with van der Waals surface area (Å²) in [6.07, 6.45) is 2.53. The Morgan fingerprint density at radius 1 is 1.13 bits per heavy atom. The van der Waals surface area contributed by atoms with E-state index in [1.165, 1.54) is 0 Å². The molecule has 152 valence electrons. The Labute approximate surface area is 175 Å². The van der Waals surface area contributed by atoms with Crippen molar-refractivity contribution in [3.05, 3.63) is 77.6 Å². The molecule has 0 spiro atoms. The van der Waals surface area contributed by atoms with Crippen LogP contribution in [-0.2, 0) is 13.5 Å². The third-order valence-corrected chi connectivity index (χ3v) is 5.33. The highest BCUT2D eigenvalue weighted by atomic mass is 16.5. The van der Waals surface area contributed by atoms with Crippen molar-refractivity contribution in [1.29, 1.82) is 0 Å². The zero-order valence-electron chi connectivity index (χ0n) is 17.3. The van der Waals surface area contributed by atoms with Crippen LogP contribution in [0.5, 0.6) is 5.75 Å². The number of carbonyl (C=O) groups is 1. The van der Waals surface area contributed by atoms with Gasteiger partial charge >= 0.3 is 0 Å². The van der Waals surface area contributed by atoms with Crippen LogP contribution in [0.3, 0.4) is 0 Å². The lowest BCUT2D eigenvalue weighted by molar-refractivity contribution is 0.0955. The van der Waals surface area contributed by atoms with Gasteiger partial charge in [0.1, 0.15) is 5.75 Å². The van der Waals surface area contributed by atoms with E-state index in [1.807, 2.05) is 68.6 Å². The number of hydrogen-bond acceptors (Lipinski definition) is 4. The van der Waals surface area contributed by atoms with Gasteiger partial charge < -0.3 is 10.1 Å². The SMILES string of the molecule is COc1ccc(CCNC(=O)c2cc(-c3cnn(C)c3C)nc3ccccc23)cc1. The van der Waals surface area contributed by atoms with Gasteiger partial charge in [-0.3, -0.25) is 9.48 Å². The zero-order chi connectivity index (χ0) is 21.1. The molecule has 0 aliphatic heterocycles. The Balaban J connectivity index is 1.58. The second kappa shape index (κ2) is 8.37. The average Bonchev–Trinajstić information content (AvgIpc) is 3.11. The second-order valence-corrected chi connectivity index (χ2v) is 7.19. The summed E-state index contributed by atoms with van der Waals surface area (Å²) < 4.78 is 6.99. The first kappa shape index (κ1) is 19.6. The molecule has 0 radical (unpaired) electrons. The lowest BCUT2D eigenvalue weighted by atomic mass is 10.0. The van der Waals surface area contributed by atoms with Gasteiger partial charge in [0.05, 0.1) is 30.1 Å². The summed E-state index contributed by atoms with van der Waals surface area (Å²) in [5.74, 6) is 0.717. The van der Waals surface area contributed by atoms with E-state index in [9.17, 15) is 4.79 Å². The van der Waals surface area contributed by atoms with Crippen molar-refractivity contribution < 1.29 is 9.53 Å². The fraction of sp³-hybridized carbons (Fsp3) is 0.208. The predicted molar refractivity (Wildman–Crippen MR) is 118 cm³/mol. The van der Waals surface area contributed by atoms with Gasteiger partial charge in [-0.25, -0.2) is 4.98 Å². The molecule has 2 aromatic heterocycles. The van der Waals surface area contributed by atoms with Crippen molar-refractivity contribution in [3.63, 3.8) is 0 Å². The summed E-state index contributed by atoms with van der Waals surface area (Å²) in [6, 6.07) is 17.4. The molecule has 2 aromatic carbocycles. The third-order valence-electron chi connectivity index (χ3n) is 5.33. The predicted octanol–water partition coefficient (Wildman–Crippen LogP) is 3.92. The second-order valence-electron chi connectivity index (χ2n) is 7.19. The number of amides is 1. The normalized spacial score (nSPS) is 10.9. The Morgan fingerprint density at radius 3 is 2.60 bits per heavy atom. The standard InChI is InChI=1S/C24H24N4O2/c1-16-21(15-26-28(16)2)23-14-20(19-6-4-5-7-22(19)27-23)24(29)25-13-12-17-8-10-18(30-3)11-9-17/h4-11,14-15H,12-13H2,1-3H3,(H,25,29). The molecule has 1 N–H and O–H groups in total. The Bertz CT molecular complexity index is 1200. The molecule has 0 aliphatic rings. The maximum Gasteiger partial charge on any atom is 0.252 e. The number of fused-ring (bicyclic) bond motifs is 1. The van der Waals surface area contributed by atoms with Crippen molar-refractivity contribution in [1.82, 2.24) is 20.1 Å². The number of aryl methyl sites for hydroxylation is 1. The topological polar surface area (TPSA) is 69.0 Å². The smallest absolute Gasteiger partial charge is 0.252 e. The number of para-hydroxylation sites is 1. The number of ether oxygens (including phenoxy) is 1. The van der Waals surface area contributed by atoms with Crippen LogP contribution in [0, 0.1) is 6.92 Å². The maximum absolute atomic E-state index is 13.0. The fourth-order valence-corrected chi connectivity index (χ4v) is 3.46. The number of nitrogens with one attached hydrogen (secondary N) is 1. The molecule has 6 nitrogen and oxygen atoms in total. The van der Waals surface area contributed by atoms with E-state index in [0.717, 1.165) is 45.6 Å². The van der Waals surface area contributed by atoms with Gasteiger partial charge in [-0.2, -0.15) is 5.10 Å². The van der Waals surface area contributed by atoms with Crippen LogP contribution < -0.4 is 10.1 Å². The van der Waals surface area contributed by atoms with Crippen molar-refractivity contribution >= 4 is 16.8 Å². The molecule has 1 amide bonds. The van der Waals surface area contributed by atoms with E-state index in [0.29, 0.717) is 12.1 Å². The van der Waals surface area contributed by atoms with E-state index in [2.05, 4.69) is 10.4 Å². The van der Waals surface area contributed by atoms with Crippen molar-refractivity contribution in [2.45, 2.75) is 13.3 Å². The monoisotopic (exact) mass is 400 g/mol. The molecular formula is C24H24N4O2. The minimum Gasteiger partial charge on any atom is -0.497 e. The molecule has 0 aliphatic carbocycles. The quantitative estimate of drug-likeness (QED) is 0.533. The first-order valence-corrected chi connectivity index (χ1v) is 9.86. The Morgan fingerprint density at radius 2 is 1.90 bits per heavy atom. The van der Waals surface area contributed by atoms with Crippen molar-refractivity contribution in [3.8, 4) is 17.0 Å². The van der Waals surface area contributed by atoms with Crippen LogP contribution in [0.2, 0.25) is 0 Å². The largest absolute Gasteiger partial charge is 0.497 e. The summed E-state index contributed by atoms with van der Waals surface area (Å²) in [4.78, 5) is 17.8. The molecule has 0 fully saturated rings. The highest BCUT2D eigenvalue weighted by Gasteiger charge is 2.16. The molecule has 30 heavy (non-hydrogen) atoms. The summed E-state index contributed by atoms with van der Waals surface area (Å²) >= 11 is 0. The van der Waals surface area contributed by atoms with Gasteiger partial charge in [-0.15, -0.1) is 0 Å². The van der Waals surface area contributed by atoms with E-state index in [1.54, 1.807) is 18.0 Å². The highest BCUT2D eigenvalue weighted by molar-refractivity contribution is 6.07. The number of carbonyl (C=O) groups excluding carboxylic acids is 1. The lowest BCUT2D eigenvalue weighted by Gasteiger charge is -2.11. The van der Waals surface area contributed by atoms with E-state index >= 15 is 0 Å². The fourth-order valence-electron chi connectivity index (χ4n) is 3.46. The van der Waals surface area contributed by atoms with Crippen molar-refractivity contribution in [2.75, 3.05) is 13.7 Å². The highest BCUT2D eigenvalue weighted by Crippen LogP contribution is 2.26. The van der Waals surface area contributed by atoms with Gasteiger partial charge in [0.2, 0.25) is 0 Å². The molecule has 0 atom stereocenters. The molecular weight excluding hydrogens is 376 g/mol. The van der Waals surface area contributed by atoms with Crippen LogP contribution in [0.25, 0.3) is 22.2 Å². The molecule has 0 unspecified atom stereocenters. The van der Waals surface area contributed by atoms with Gasteiger partial charge in [0, 0.05) is 30.2 Å². The van der Waals surface area contributed by atoms with Crippen LogP contribution >= 0.6 is 0 Å².